The molecule has 3 aromatic rings. The van der Waals surface area contributed by atoms with E-state index in [-0.39, 0.29) is 30.2 Å². The Bertz CT molecular complexity index is 1240. The van der Waals surface area contributed by atoms with Gasteiger partial charge in [-0.05, 0) is 23.8 Å². The Morgan fingerprint density at radius 3 is 2.47 bits per heavy atom. The van der Waals surface area contributed by atoms with Gasteiger partial charge in [-0.1, -0.05) is 44.2 Å². The van der Waals surface area contributed by atoms with Crippen molar-refractivity contribution in [2.75, 3.05) is 19.5 Å². The smallest absolute Gasteiger partial charge is 0.357 e. The molecule has 2 aromatic carbocycles. The van der Waals surface area contributed by atoms with E-state index in [1.54, 1.807) is 30.3 Å². The SMILES string of the molecule is CC.COC(=O)c1csc(NC(=O)[C@H](Cc2ccccc2)N(C=O)C(=O)NCc2cc(F)ccc2OC)n1. The predicted octanol–water partition coefficient (Wildman–Crippen LogP) is 4.02. The van der Waals surface area contributed by atoms with Crippen LogP contribution in [0.2, 0.25) is 0 Å². The standard InChI is InChI=1S/C24H23FN4O6S.C2H6/c1-34-20-9-8-17(25)11-16(20)12-26-24(33)29(14-30)19(10-15-6-4-3-5-7-15)21(31)28-23-27-18(13-36-23)22(32)35-2;1-2/h3-9,11,13-14,19H,10,12H2,1-2H3,(H,26,33)(H,27,28,31);1-2H3/t19-;/m0./s1. The third-order valence-electron chi connectivity index (χ3n) is 5.06. The van der Waals surface area contributed by atoms with E-state index in [4.69, 9.17) is 4.74 Å². The molecule has 12 heteroatoms. The van der Waals surface area contributed by atoms with Crippen LogP contribution in [0.4, 0.5) is 14.3 Å². The van der Waals surface area contributed by atoms with Gasteiger partial charge in [-0.25, -0.2) is 19.0 Å². The van der Waals surface area contributed by atoms with E-state index in [1.807, 2.05) is 13.8 Å². The van der Waals surface area contributed by atoms with Crippen molar-refractivity contribution in [3.8, 4) is 5.75 Å². The molecule has 0 saturated heterocycles. The summed E-state index contributed by atoms with van der Waals surface area (Å²) >= 11 is 0.985. The van der Waals surface area contributed by atoms with Crippen LogP contribution in [-0.4, -0.2) is 54.5 Å². The zero-order valence-electron chi connectivity index (χ0n) is 21.4. The summed E-state index contributed by atoms with van der Waals surface area (Å²) in [5, 5.41) is 6.56. The molecule has 0 aliphatic rings. The van der Waals surface area contributed by atoms with Gasteiger partial charge < -0.3 is 20.1 Å². The van der Waals surface area contributed by atoms with Gasteiger partial charge in [-0.15, -0.1) is 11.3 Å². The minimum Gasteiger partial charge on any atom is -0.496 e. The Hall–Kier alpha value is -4.32. The maximum atomic E-state index is 13.7. The van der Waals surface area contributed by atoms with Crippen LogP contribution < -0.4 is 15.4 Å². The number of methoxy groups -OCH3 is 2. The minimum atomic E-state index is -1.26. The zero-order chi connectivity index (χ0) is 28.1. The molecule has 38 heavy (non-hydrogen) atoms. The lowest BCUT2D eigenvalue weighted by Crippen LogP contribution is -2.51. The largest absolute Gasteiger partial charge is 0.496 e. The summed E-state index contributed by atoms with van der Waals surface area (Å²) in [7, 11) is 2.61. The highest BCUT2D eigenvalue weighted by atomic mass is 32.1. The first-order chi connectivity index (χ1) is 18.4. The quantitative estimate of drug-likeness (QED) is 0.292. The molecule has 0 unspecified atom stereocenters. The molecule has 1 aromatic heterocycles. The third-order valence-corrected chi connectivity index (χ3v) is 5.82. The Labute approximate surface area is 223 Å². The van der Waals surface area contributed by atoms with E-state index < -0.39 is 29.8 Å². The van der Waals surface area contributed by atoms with Crippen molar-refractivity contribution >= 4 is 40.8 Å². The van der Waals surface area contributed by atoms with E-state index in [2.05, 4.69) is 20.4 Å². The highest BCUT2D eigenvalue weighted by molar-refractivity contribution is 7.14. The summed E-state index contributed by atoms with van der Waals surface area (Å²) in [6.07, 6.45) is 0.254. The van der Waals surface area contributed by atoms with Crippen molar-refractivity contribution in [3.05, 3.63) is 76.5 Å². The number of carbonyl (C=O) groups is 4. The van der Waals surface area contributed by atoms with Crippen LogP contribution in [0.3, 0.4) is 0 Å². The number of hydrogen-bond acceptors (Lipinski definition) is 8. The molecule has 0 spiro atoms. The van der Waals surface area contributed by atoms with Gasteiger partial charge in [0.15, 0.2) is 10.8 Å². The number of carbonyl (C=O) groups excluding carboxylic acids is 4. The first-order valence-corrected chi connectivity index (χ1v) is 12.5. The molecule has 0 radical (unpaired) electrons. The van der Waals surface area contributed by atoms with Gasteiger partial charge in [-0.3, -0.25) is 14.5 Å². The molecule has 0 fully saturated rings. The zero-order valence-corrected chi connectivity index (χ0v) is 22.2. The van der Waals surface area contributed by atoms with Gasteiger partial charge in [-0.2, -0.15) is 0 Å². The lowest BCUT2D eigenvalue weighted by molar-refractivity contribution is -0.127. The molecule has 0 aliphatic heterocycles. The molecular weight excluding hydrogens is 515 g/mol. The molecule has 1 heterocycles. The van der Waals surface area contributed by atoms with Crippen LogP contribution in [0.15, 0.2) is 53.9 Å². The second-order valence-electron chi connectivity index (χ2n) is 7.35. The summed E-state index contributed by atoms with van der Waals surface area (Å²) in [5.74, 6) is -1.55. The van der Waals surface area contributed by atoms with Crippen LogP contribution >= 0.6 is 11.3 Å². The molecule has 0 bridgehead atoms. The number of hydrogen-bond donors (Lipinski definition) is 2. The van der Waals surface area contributed by atoms with E-state index in [9.17, 15) is 23.6 Å². The number of benzene rings is 2. The average Bonchev–Trinajstić information content (AvgIpc) is 3.41. The number of aromatic nitrogens is 1. The lowest BCUT2D eigenvalue weighted by atomic mass is 10.0. The molecule has 10 nitrogen and oxygen atoms in total. The van der Waals surface area contributed by atoms with Gasteiger partial charge in [0, 0.05) is 23.9 Å². The van der Waals surface area contributed by atoms with Crippen LogP contribution in [-0.2, 0) is 27.3 Å². The third kappa shape index (κ3) is 8.10. The summed E-state index contributed by atoms with van der Waals surface area (Å²) < 4.78 is 23.5. The normalized spacial score (nSPS) is 10.8. The Kier molecular flexibility index (Phi) is 11.8. The van der Waals surface area contributed by atoms with E-state index in [1.165, 1.54) is 37.8 Å². The maximum Gasteiger partial charge on any atom is 0.357 e. The number of anilines is 1. The van der Waals surface area contributed by atoms with Crippen molar-refractivity contribution in [3.63, 3.8) is 0 Å². The van der Waals surface area contributed by atoms with Crippen molar-refractivity contribution in [2.45, 2.75) is 32.9 Å². The van der Waals surface area contributed by atoms with Crippen molar-refractivity contribution in [1.82, 2.24) is 15.2 Å². The number of thiazole rings is 1. The van der Waals surface area contributed by atoms with Crippen LogP contribution in [0.1, 0.15) is 35.5 Å². The van der Waals surface area contributed by atoms with Gasteiger partial charge in [0.2, 0.25) is 12.3 Å². The van der Waals surface area contributed by atoms with Crippen LogP contribution in [0.5, 0.6) is 5.75 Å². The number of amides is 4. The summed E-state index contributed by atoms with van der Waals surface area (Å²) in [6, 6.07) is 10.5. The summed E-state index contributed by atoms with van der Waals surface area (Å²) in [6.45, 7) is 3.85. The lowest BCUT2D eigenvalue weighted by Gasteiger charge is -2.26. The highest BCUT2D eigenvalue weighted by Gasteiger charge is 2.31. The summed E-state index contributed by atoms with van der Waals surface area (Å²) in [5.41, 5.74) is 1.05. The number of esters is 1. The number of halogens is 1. The Balaban J connectivity index is 0.00000247. The van der Waals surface area contributed by atoms with Crippen LogP contribution in [0.25, 0.3) is 0 Å². The monoisotopic (exact) mass is 544 g/mol. The molecule has 1 atom stereocenters. The molecule has 3 rings (SSSR count). The maximum absolute atomic E-state index is 13.7. The van der Waals surface area contributed by atoms with Gasteiger partial charge >= 0.3 is 12.0 Å². The number of rotatable bonds is 10. The molecule has 2 N–H and O–H groups in total. The molecule has 0 aliphatic carbocycles. The first kappa shape index (κ1) is 29.9. The van der Waals surface area contributed by atoms with Crippen molar-refractivity contribution in [2.24, 2.45) is 0 Å². The van der Waals surface area contributed by atoms with Crippen molar-refractivity contribution < 1.29 is 33.0 Å². The molecule has 4 amide bonds. The van der Waals surface area contributed by atoms with Crippen molar-refractivity contribution in [1.29, 1.82) is 0 Å². The van der Waals surface area contributed by atoms with Gasteiger partial charge in [0.05, 0.1) is 14.2 Å². The second kappa shape index (κ2) is 15.1. The van der Waals surface area contributed by atoms with E-state index in [0.717, 1.165) is 11.3 Å². The molecule has 202 valence electrons. The number of nitrogens with zero attached hydrogens (tertiary/aromatic N) is 2. The fraction of sp³-hybridized carbons (Fsp3) is 0.269. The van der Waals surface area contributed by atoms with Crippen LogP contribution in [0, 0.1) is 5.82 Å². The summed E-state index contributed by atoms with van der Waals surface area (Å²) in [4.78, 5) is 54.5. The second-order valence-corrected chi connectivity index (χ2v) is 8.21. The van der Waals surface area contributed by atoms with E-state index >= 15 is 0 Å². The fourth-order valence-corrected chi connectivity index (χ4v) is 3.97. The van der Waals surface area contributed by atoms with E-state index in [0.29, 0.717) is 21.8 Å². The predicted molar refractivity (Wildman–Crippen MR) is 140 cm³/mol. The average molecular weight is 545 g/mol. The number of imide groups is 1. The first-order valence-electron chi connectivity index (χ1n) is 11.6. The topological polar surface area (TPSA) is 127 Å². The number of urea groups is 1. The fourth-order valence-electron chi connectivity index (χ4n) is 3.28. The van der Waals surface area contributed by atoms with Gasteiger partial charge in [0.25, 0.3) is 0 Å². The molecular formula is C26H29FN4O6S. The Morgan fingerprint density at radius 1 is 1.13 bits per heavy atom. The van der Waals surface area contributed by atoms with Gasteiger partial charge in [0.1, 0.15) is 17.6 Å². The molecule has 0 saturated carbocycles. The number of nitrogens with one attached hydrogen (secondary N) is 2. The number of ether oxygens (including phenoxy) is 2. The highest BCUT2D eigenvalue weighted by Crippen LogP contribution is 2.20. The minimum absolute atomic E-state index is 0.00596. The Morgan fingerprint density at radius 2 is 1.84 bits per heavy atom.